The number of hydrogen-bond acceptors (Lipinski definition) is 2. The molecule has 1 unspecified atom stereocenters. The fourth-order valence-corrected chi connectivity index (χ4v) is 2.10. The number of fused-ring (bicyclic) bond motifs is 1. The SMILES string of the molecule is CC1C=Nc2ccccc2N1C(=O)C1CC1. The van der Waals surface area contributed by atoms with E-state index in [1.54, 1.807) is 0 Å². The lowest BCUT2D eigenvalue weighted by molar-refractivity contribution is -0.119. The summed E-state index contributed by atoms with van der Waals surface area (Å²) in [6.07, 6.45) is 3.94. The Morgan fingerprint density at radius 3 is 2.88 bits per heavy atom. The van der Waals surface area contributed by atoms with Gasteiger partial charge in [-0.25, -0.2) is 0 Å². The second-order valence-electron chi connectivity index (χ2n) is 4.49. The number of benzene rings is 1. The van der Waals surface area contributed by atoms with E-state index >= 15 is 0 Å². The first kappa shape index (κ1) is 9.58. The van der Waals surface area contributed by atoms with Gasteiger partial charge in [-0.05, 0) is 31.9 Å². The molecule has 82 valence electrons. The van der Waals surface area contributed by atoms with Gasteiger partial charge in [-0.3, -0.25) is 9.79 Å². The van der Waals surface area contributed by atoms with Gasteiger partial charge in [0.2, 0.25) is 5.91 Å². The van der Waals surface area contributed by atoms with Crippen molar-refractivity contribution in [1.29, 1.82) is 0 Å². The van der Waals surface area contributed by atoms with Gasteiger partial charge in [-0.2, -0.15) is 0 Å². The lowest BCUT2D eigenvalue weighted by Crippen LogP contribution is -2.42. The minimum atomic E-state index is 0.0722. The molecule has 3 heteroatoms. The number of para-hydroxylation sites is 2. The Balaban J connectivity index is 2.03. The third-order valence-corrected chi connectivity index (χ3v) is 3.14. The van der Waals surface area contributed by atoms with Crippen LogP contribution in [-0.2, 0) is 4.79 Å². The highest BCUT2D eigenvalue weighted by atomic mass is 16.2. The van der Waals surface area contributed by atoms with Crippen molar-refractivity contribution in [3.63, 3.8) is 0 Å². The quantitative estimate of drug-likeness (QED) is 0.707. The molecule has 1 atom stereocenters. The normalized spacial score (nSPS) is 23.1. The summed E-state index contributed by atoms with van der Waals surface area (Å²) in [6.45, 7) is 2.01. The number of carbonyl (C=O) groups excluding carboxylic acids is 1. The molecule has 16 heavy (non-hydrogen) atoms. The summed E-state index contributed by atoms with van der Waals surface area (Å²) in [4.78, 5) is 18.5. The van der Waals surface area contributed by atoms with Gasteiger partial charge in [0.1, 0.15) is 0 Å². The topological polar surface area (TPSA) is 32.7 Å². The standard InChI is InChI=1S/C13H14N2O/c1-9-8-14-11-4-2-3-5-12(11)15(9)13(16)10-6-7-10/h2-5,8-10H,6-7H2,1H3. The number of nitrogens with zero attached hydrogens (tertiary/aromatic N) is 2. The Bertz CT molecular complexity index is 463. The van der Waals surface area contributed by atoms with Gasteiger partial charge in [0.15, 0.2) is 0 Å². The van der Waals surface area contributed by atoms with Crippen LogP contribution in [0.25, 0.3) is 0 Å². The van der Waals surface area contributed by atoms with E-state index in [4.69, 9.17) is 0 Å². The van der Waals surface area contributed by atoms with E-state index in [9.17, 15) is 4.79 Å². The molecule has 2 aliphatic rings. The van der Waals surface area contributed by atoms with Crippen molar-refractivity contribution >= 4 is 23.5 Å². The first-order valence-corrected chi connectivity index (χ1v) is 5.73. The Morgan fingerprint density at radius 1 is 1.38 bits per heavy atom. The molecule has 1 fully saturated rings. The third-order valence-electron chi connectivity index (χ3n) is 3.14. The van der Waals surface area contributed by atoms with Gasteiger partial charge in [-0.1, -0.05) is 12.1 Å². The third kappa shape index (κ3) is 1.43. The Kier molecular flexibility index (Phi) is 2.06. The molecule has 0 bridgehead atoms. The lowest BCUT2D eigenvalue weighted by Gasteiger charge is -2.31. The molecule has 3 nitrogen and oxygen atoms in total. The van der Waals surface area contributed by atoms with E-state index in [-0.39, 0.29) is 17.9 Å². The van der Waals surface area contributed by atoms with Crippen molar-refractivity contribution in [1.82, 2.24) is 0 Å². The van der Waals surface area contributed by atoms with Gasteiger partial charge in [0.25, 0.3) is 0 Å². The molecule has 1 aromatic carbocycles. The predicted molar refractivity (Wildman–Crippen MR) is 64.3 cm³/mol. The van der Waals surface area contributed by atoms with Crippen molar-refractivity contribution in [2.24, 2.45) is 10.9 Å². The van der Waals surface area contributed by atoms with E-state index in [0.29, 0.717) is 0 Å². The van der Waals surface area contributed by atoms with Crippen LogP contribution >= 0.6 is 0 Å². The van der Waals surface area contributed by atoms with E-state index in [1.807, 2.05) is 42.3 Å². The van der Waals surface area contributed by atoms with Crippen molar-refractivity contribution in [2.45, 2.75) is 25.8 Å². The molecule has 1 saturated carbocycles. The highest BCUT2D eigenvalue weighted by Gasteiger charge is 2.37. The summed E-state index contributed by atoms with van der Waals surface area (Å²) in [7, 11) is 0. The molecular formula is C13H14N2O. The van der Waals surface area contributed by atoms with Gasteiger partial charge in [0, 0.05) is 12.1 Å². The van der Waals surface area contributed by atoms with Gasteiger partial charge >= 0.3 is 0 Å². The molecule has 0 N–H and O–H groups in total. The highest BCUT2D eigenvalue weighted by molar-refractivity contribution is 6.04. The molecule has 1 heterocycles. The number of amides is 1. The second-order valence-corrected chi connectivity index (χ2v) is 4.49. The molecule has 0 spiro atoms. The first-order valence-electron chi connectivity index (χ1n) is 5.73. The molecule has 0 saturated heterocycles. The van der Waals surface area contributed by atoms with Crippen LogP contribution in [0.4, 0.5) is 11.4 Å². The van der Waals surface area contributed by atoms with Gasteiger partial charge < -0.3 is 4.90 Å². The van der Waals surface area contributed by atoms with E-state index < -0.39 is 0 Å². The van der Waals surface area contributed by atoms with Crippen LogP contribution in [0.5, 0.6) is 0 Å². The summed E-state index contributed by atoms with van der Waals surface area (Å²) < 4.78 is 0. The maximum atomic E-state index is 12.2. The fraction of sp³-hybridized carbons (Fsp3) is 0.385. The molecule has 0 radical (unpaired) electrons. The lowest BCUT2D eigenvalue weighted by atomic mass is 10.1. The van der Waals surface area contributed by atoms with Crippen LogP contribution in [0.1, 0.15) is 19.8 Å². The van der Waals surface area contributed by atoms with Gasteiger partial charge in [0.05, 0.1) is 17.4 Å². The second kappa shape index (κ2) is 3.44. The number of rotatable bonds is 1. The summed E-state index contributed by atoms with van der Waals surface area (Å²) in [5.74, 6) is 0.508. The molecule has 3 rings (SSSR count). The minimum absolute atomic E-state index is 0.0722. The predicted octanol–water partition coefficient (Wildman–Crippen LogP) is 2.53. The molecule has 0 aromatic heterocycles. The molecular weight excluding hydrogens is 200 g/mol. The largest absolute Gasteiger partial charge is 0.302 e. The van der Waals surface area contributed by atoms with Crippen LogP contribution in [0, 0.1) is 5.92 Å². The van der Waals surface area contributed by atoms with E-state index in [1.165, 1.54) is 0 Å². The minimum Gasteiger partial charge on any atom is -0.302 e. The molecule has 1 amide bonds. The highest BCUT2D eigenvalue weighted by Crippen LogP contribution is 2.38. The Morgan fingerprint density at radius 2 is 2.12 bits per heavy atom. The van der Waals surface area contributed by atoms with Crippen LogP contribution in [0.15, 0.2) is 29.3 Å². The number of hydrogen-bond donors (Lipinski definition) is 0. The summed E-state index contributed by atoms with van der Waals surface area (Å²) in [5, 5.41) is 0. The summed E-state index contributed by atoms with van der Waals surface area (Å²) >= 11 is 0. The zero-order valence-electron chi connectivity index (χ0n) is 9.26. The average Bonchev–Trinajstić information content (AvgIpc) is 3.12. The molecule has 1 aliphatic carbocycles. The number of aliphatic imine (C=N–C) groups is 1. The van der Waals surface area contributed by atoms with Crippen molar-refractivity contribution in [3.8, 4) is 0 Å². The van der Waals surface area contributed by atoms with E-state index in [0.717, 1.165) is 24.2 Å². The molecule has 1 aliphatic heterocycles. The van der Waals surface area contributed by atoms with Crippen LogP contribution in [-0.4, -0.2) is 18.2 Å². The zero-order chi connectivity index (χ0) is 11.1. The number of anilines is 1. The van der Waals surface area contributed by atoms with Crippen molar-refractivity contribution < 1.29 is 4.79 Å². The average molecular weight is 214 g/mol. The Labute approximate surface area is 94.8 Å². The van der Waals surface area contributed by atoms with Crippen LogP contribution < -0.4 is 4.90 Å². The summed E-state index contributed by atoms with van der Waals surface area (Å²) in [6, 6.07) is 7.90. The van der Waals surface area contributed by atoms with Gasteiger partial charge in [-0.15, -0.1) is 0 Å². The smallest absolute Gasteiger partial charge is 0.230 e. The van der Waals surface area contributed by atoms with Crippen molar-refractivity contribution in [3.05, 3.63) is 24.3 Å². The Hall–Kier alpha value is -1.64. The summed E-state index contributed by atoms with van der Waals surface area (Å²) in [5.41, 5.74) is 1.85. The van der Waals surface area contributed by atoms with Crippen LogP contribution in [0.2, 0.25) is 0 Å². The van der Waals surface area contributed by atoms with E-state index in [2.05, 4.69) is 4.99 Å². The monoisotopic (exact) mass is 214 g/mol. The maximum Gasteiger partial charge on any atom is 0.230 e. The van der Waals surface area contributed by atoms with Crippen molar-refractivity contribution in [2.75, 3.05) is 4.90 Å². The van der Waals surface area contributed by atoms with Crippen LogP contribution in [0.3, 0.4) is 0 Å². The zero-order valence-corrected chi connectivity index (χ0v) is 9.26. The molecule has 1 aromatic rings. The number of carbonyl (C=O) groups is 1. The fourth-order valence-electron chi connectivity index (χ4n) is 2.10. The maximum absolute atomic E-state index is 12.2. The first-order chi connectivity index (χ1) is 7.77.